The van der Waals surface area contributed by atoms with Crippen molar-refractivity contribution in [3.8, 4) is 0 Å². The van der Waals surface area contributed by atoms with E-state index < -0.39 is 0 Å². The fourth-order valence-electron chi connectivity index (χ4n) is 4.90. The van der Waals surface area contributed by atoms with E-state index in [-0.39, 0.29) is 13.5 Å². The number of carbonyl (C=O) groups is 1. The number of hydrogen-bond donors (Lipinski definition) is 1. The molecule has 1 unspecified atom stereocenters. The predicted octanol–water partition coefficient (Wildman–Crippen LogP) is 11.0. The Bertz CT molecular complexity index is 771. The molecule has 0 radical (unpaired) electrons. The van der Waals surface area contributed by atoms with Crippen LogP contribution in [-0.2, 0) is 4.79 Å². The van der Waals surface area contributed by atoms with Gasteiger partial charge in [-0.2, -0.15) is 0 Å². The normalized spacial score (nSPS) is 10.7. The molecule has 1 atom stereocenters. The van der Waals surface area contributed by atoms with Crippen LogP contribution < -0.4 is 5.32 Å². The molecule has 276 valence electrons. The minimum Gasteiger partial charge on any atom is -0.379 e. The number of carbonyl (C=O) groups excluding carboxylic acids is 1. The molecule has 0 aliphatic rings. The van der Waals surface area contributed by atoms with Crippen LogP contribution in [0.15, 0.2) is 74.7 Å². The van der Waals surface area contributed by atoms with Gasteiger partial charge in [0.25, 0.3) is 0 Å². The molecule has 5 nitrogen and oxygen atoms in total. The second kappa shape index (κ2) is 39.8. The largest absolute Gasteiger partial charge is 0.379 e. The monoisotopic (exact) mass is 659 g/mol. The topological polar surface area (TPSA) is 38.8 Å². The van der Waals surface area contributed by atoms with Crippen LogP contribution in [0.3, 0.4) is 0 Å². The summed E-state index contributed by atoms with van der Waals surface area (Å²) in [5.74, 6) is 0. The van der Waals surface area contributed by atoms with Crippen LogP contribution in [-0.4, -0.2) is 81.9 Å². The molecule has 0 aromatic rings. The van der Waals surface area contributed by atoms with Crippen LogP contribution >= 0.6 is 0 Å². The molecule has 0 fully saturated rings. The molecule has 47 heavy (non-hydrogen) atoms. The van der Waals surface area contributed by atoms with Gasteiger partial charge in [-0.15, -0.1) is 19.7 Å². The number of unbranched alkanes of at least 4 members (excludes halogenated alkanes) is 14. The van der Waals surface area contributed by atoms with Crippen LogP contribution in [0, 0.1) is 0 Å². The molecule has 0 spiro atoms. The molecule has 5 heteroatoms. The van der Waals surface area contributed by atoms with Crippen molar-refractivity contribution in [2.75, 3.05) is 54.9 Å². The van der Waals surface area contributed by atoms with Gasteiger partial charge in [-0.05, 0) is 73.6 Å². The molecule has 0 rings (SSSR count). The van der Waals surface area contributed by atoms with Crippen molar-refractivity contribution in [2.24, 2.45) is 0 Å². The summed E-state index contributed by atoms with van der Waals surface area (Å²) in [6.07, 6.45) is 29.7. The van der Waals surface area contributed by atoms with Gasteiger partial charge in [0, 0.05) is 38.1 Å². The zero-order chi connectivity index (χ0) is 35.4. The second-order valence-corrected chi connectivity index (χ2v) is 13.3. The highest BCUT2D eigenvalue weighted by Gasteiger charge is 2.06. The Morgan fingerprint density at radius 1 is 0.638 bits per heavy atom. The Morgan fingerprint density at radius 2 is 1.06 bits per heavy atom. The molecule has 1 N–H and O–H groups in total. The van der Waals surface area contributed by atoms with Crippen molar-refractivity contribution in [2.45, 2.75) is 136 Å². The number of nitrogens with one attached hydrogen (secondary N) is 1. The highest BCUT2D eigenvalue weighted by atomic mass is 16.1. The van der Waals surface area contributed by atoms with E-state index in [0.717, 1.165) is 56.6 Å². The van der Waals surface area contributed by atoms with Gasteiger partial charge in [0.15, 0.2) is 0 Å². The molecule has 0 aliphatic heterocycles. The lowest BCUT2D eigenvalue weighted by atomic mass is 10.0. The van der Waals surface area contributed by atoms with Crippen LogP contribution in [0.25, 0.3) is 0 Å². The number of rotatable bonds is 30. The van der Waals surface area contributed by atoms with Gasteiger partial charge >= 0.3 is 0 Å². The summed E-state index contributed by atoms with van der Waals surface area (Å²) in [6, 6.07) is -0.109. The summed E-state index contributed by atoms with van der Waals surface area (Å²) in [6.45, 7) is 27.7. The third-order valence-electron chi connectivity index (χ3n) is 7.40. The smallest absolute Gasteiger partial charge is 0.142 e. The van der Waals surface area contributed by atoms with Gasteiger partial charge in [-0.25, -0.2) is 0 Å². The maximum absolute atomic E-state index is 11.0. The van der Waals surface area contributed by atoms with Gasteiger partial charge in [-0.3, -0.25) is 0 Å². The van der Waals surface area contributed by atoms with Gasteiger partial charge < -0.3 is 24.8 Å². The standard InChI is InChI=1S/C26H47NO.C9H18N2.C6H13N.CH4/c1-4-6-8-9-10-11-12-13-14-15-16-17-18-19-20-21-22-25(3)27-26(24-28)23-7-5-2;1-6-7-11(5)9(2)8-10(3)4;1-6(2)5-7(3)4;/h4-5,24,26-27H,1-3,6-23H2;6H,1-2,7-8H2,3-5H3;1,5H2,2-4H3;1H4. The molecule has 0 aromatic carbocycles. The van der Waals surface area contributed by atoms with E-state index in [1.54, 1.807) is 0 Å². The lowest BCUT2D eigenvalue weighted by Gasteiger charge is -2.22. The number of allylic oxidation sites excluding steroid dienone is 3. The molecule has 0 bridgehead atoms. The average molecular weight is 659 g/mol. The van der Waals surface area contributed by atoms with Crippen molar-refractivity contribution in [3.05, 3.63) is 74.7 Å². The summed E-state index contributed by atoms with van der Waals surface area (Å²) >= 11 is 0. The van der Waals surface area contributed by atoms with E-state index in [9.17, 15) is 4.79 Å². The second-order valence-electron chi connectivity index (χ2n) is 13.3. The predicted molar refractivity (Wildman–Crippen MR) is 216 cm³/mol. The SMILES string of the molecule is C.C=C(C)CN(C)C.C=CCCCCCCCCCCCCCCCCC(=C)NC(C=O)CCC=C.C=CCN(C)C(=C)CN(C)C. The van der Waals surface area contributed by atoms with Crippen LogP contribution in [0.4, 0.5) is 0 Å². The number of aldehydes is 1. The molecule has 0 aliphatic carbocycles. The van der Waals surface area contributed by atoms with Crippen molar-refractivity contribution >= 4 is 6.29 Å². The Labute approximate surface area is 296 Å². The number of likely N-dealkylation sites (N-methyl/N-ethyl adjacent to an activating group) is 3. The van der Waals surface area contributed by atoms with Gasteiger partial charge in [0.1, 0.15) is 6.29 Å². The van der Waals surface area contributed by atoms with E-state index in [4.69, 9.17) is 0 Å². The number of nitrogens with zero attached hydrogens (tertiary/aromatic N) is 3. The highest BCUT2D eigenvalue weighted by Crippen LogP contribution is 2.14. The minimum absolute atomic E-state index is 0. The zero-order valence-electron chi connectivity index (χ0n) is 31.7. The molecule has 0 heterocycles. The van der Waals surface area contributed by atoms with Crippen molar-refractivity contribution in [1.29, 1.82) is 0 Å². The molecular weight excluding hydrogens is 576 g/mol. The maximum Gasteiger partial charge on any atom is 0.142 e. The van der Waals surface area contributed by atoms with Gasteiger partial charge in [-0.1, -0.05) is 128 Å². The Kier molecular flexibility index (Phi) is 43.6. The first-order valence-electron chi connectivity index (χ1n) is 18.0. The Balaban J connectivity index is -0.000000397. The number of hydrogen-bond acceptors (Lipinski definition) is 5. The van der Waals surface area contributed by atoms with Crippen molar-refractivity contribution < 1.29 is 4.79 Å². The fourth-order valence-corrected chi connectivity index (χ4v) is 4.90. The van der Waals surface area contributed by atoms with Gasteiger partial charge in [0.2, 0.25) is 0 Å². The van der Waals surface area contributed by atoms with Crippen LogP contribution in [0.1, 0.15) is 130 Å². The molecule has 0 saturated carbocycles. The molecule has 0 amide bonds. The Hall–Kier alpha value is -2.37. The summed E-state index contributed by atoms with van der Waals surface area (Å²) in [4.78, 5) is 17.3. The zero-order valence-corrected chi connectivity index (χ0v) is 31.7. The van der Waals surface area contributed by atoms with E-state index in [2.05, 4.69) is 59.5 Å². The van der Waals surface area contributed by atoms with E-state index >= 15 is 0 Å². The minimum atomic E-state index is -0.109. The van der Waals surface area contributed by atoms with Crippen molar-refractivity contribution in [3.63, 3.8) is 0 Å². The van der Waals surface area contributed by atoms with Gasteiger partial charge in [0.05, 0.1) is 6.04 Å². The lowest BCUT2D eigenvalue weighted by Crippen LogP contribution is -2.29. The Morgan fingerprint density at radius 3 is 1.40 bits per heavy atom. The van der Waals surface area contributed by atoms with E-state index in [0.29, 0.717) is 0 Å². The maximum atomic E-state index is 11.0. The molecule has 0 saturated heterocycles. The highest BCUT2D eigenvalue weighted by molar-refractivity contribution is 5.58. The third-order valence-corrected chi connectivity index (χ3v) is 7.40. The van der Waals surface area contributed by atoms with Crippen LogP contribution in [0.2, 0.25) is 0 Å². The fraction of sp³-hybridized carbons (Fsp3) is 0.690. The van der Waals surface area contributed by atoms with E-state index in [1.165, 1.54) is 102 Å². The first-order valence-corrected chi connectivity index (χ1v) is 18.0. The molecular formula is C42H82N4O. The summed E-state index contributed by atoms with van der Waals surface area (Å²) in [7, 11) is 10.2. The lowest BCUT2D eigenvalue weighted by molar-refractivity contribution is -0.109. The quantitative estimate of drug-likeness (QED) is 0.0472. The van der Waals surface area contributed by atoms with Crippen LogP contribution in [0.5, 0.6) is 0 Å². The first-order chi connectivity index (χ1) is 21.9. The molecule has 0 aromatic heterocycles. The third kappa shape index (κ3) is 45.8. The first kappa shape index (κ1) is 51.5. The summed E-state index contributed by atoms with van der Waals surface area (Å²) < 4.78 is 0. The summed E-state index contributed by atoms with van der Waals surface area (Å²) in [5, 5.41) is 3.24. The average Bonchev–Trinajstić information content (AvgIpc) is 2.98. The van der Waals surface area contributed by atoms with Crippen molar-refractivity contribution in [1.82, 2.24) is 20.0 Å². The van der Waals surface area contributed by atoms with E-state index in [1.807, 2.05) is 60.4 Å². The summed E-state index contributed by atoms with van der Waals surface area (Å²) in [5.41, 5.74) is 3.33.